The van der Waals surface area contributed by atoms with Crippen molar-refractivity contribution in [3.05, 3.63) is 65.7 Å². The van der Waals surface area contributed by atoms with Crippen LogP contribution >= 0.6 is 0 Å². The first-order valence-electron chi connectivity index (χ1n) is 9.30. The summed E-state index contributed by atoms with van der Waals surface area (Å²) >= 11 is 0. The highest BCUT2D eigenvalue weighted by atomic mass is 32.2. The van der Waals surface area contributed by atoms with Crippen LogP contribution in [-0.2, 0) is 26.0 Å². The van der Waals surface area contributed by atoms with Gasteiger partial charge in [-0.15, -0.1) is 0 Å². The standard InChI is InChI=1S/C21H24N2O4S/c1-16-9-11-19(12-10-16)28(26,27)23-13-5-8-20(23)21(25)22-18(15-24)14-17-6-3-2-4-7-17/h2-4,6-7,9-12,15,18,20H,5,8,13-14H2,1H3,(H,22,25)/t18?,20-/m1/s1. The zero-order valence-electron chi connectivity index (χ0n) is 15.7. The number of amides is 1. The Labute approximate surface area is 165 Å². The molecule has 7 heteroatoms. The zero-order chi connectivity index (χ0) is 20.1. The van der Waals surface area contributed by atoms with Crippen molar-refractivity contribution < 1.29 is 18.0 Å². The number of aryl methyl sites for hydroxylation is 1. The second-order valence-corrected chi connectivity index (χ2v) is 8.92. The molecule has 28 heavy (non-hydrogen) atoms. The molecule has 0 spiro atoms. The summed E-state index contributed by atoms with van der Waals surface area (Å²) in [6, 6.07) is 14.5. The summed E-state index contributed by atoms with van der Waals surface area (Å²) in [7, 11) is -3.77. The molecule has 1 heterocycles. The first-order chi connectivity index (χ1) is 13.4. The number of hydrogen-bond donors (Lipinski definition) is 1. The second-order valence-electron chi connectivity index (χ2n) is 7.03. The number of benzene rings is 2. The van der Waals surface area contributed by atoms with E-state index in [4.69, 9.17) is 0 Å². The minimum atomic E-state index is -3.77. The van der Waals surface area contributed by atoms with Crippen molar-refractivity contribution in [2.45, 2.75) is 43.2 Å². The average molecular weight is 401 g/mol. The number of nitrogens with zero attached hydrogens (tertiary/aromatic N) is 1. The molecule has 2 atom stereocenters. The molecule has 3 rings (SSSR count). The van der Waals surface area contributed by atoms with Crippen molar-refractivity contribution in [1.82, 2.24) is 9.62 Å². The van der Waals surface area contributed by atoms with Gasteiger partial charge >= 0.3 is 0 Å². The summed E-state index contributed by atoms with van der Waals surface area (Å²) in [5, 5.41) is 2.71. The molecule has 0 saturated carbocycles. The third kappa shape index (κ3) is 4.48. The van der Waals surface area contributed by atoms with Gasteiger partial charge in [0.1, 0.15) is 12.3 Å². The molecular weight excluding hydrogens is 376 g/mol. The van der Waals surface area contributed by atoms with E-state index in [0.29, 0.717) is 32.1 Å². The molecule has 6 nitrogen and oxygen atoms in total. The van der Waals surface area contributed by atoms with Gasteiger partial charge in [0.2, 0.25) is 15.9 Å². The molecule has 2 aromatic rings. The fraction of sp³-hybridized carbons (Fsp3) is 0.333. The summed E-state index contributed by atoms with van der Waals surface area (Å²) in [4.78, 5) is 24.4. The predicted molar refractivity (Wildman–Crippen MR) is 106 cm³/mol. The Morgan fingerprint density at radius 2 is 1.86 bits per heavy atom. The normalized spacial score (nSPS) is 18.5. The maximum Gasteiger partial charge on any atom is 0.243 e. The van der Waals surface area contributed by atoms with Crippen LogP contribution in [0.3, 0.4) is 0 Å². The fourth-order valence-electron chi connectivity index (χ4n) is 3.42. The van der Waals surface area contributed by atoms with Crippen LogP contribution in [0.15, 0.2) is 59.5 Å². The van der Waals surface area contributed by atoms with Crippen molar-refractivity contribution in [3.8, 4) is 0 Å². The van der Waals surface area contributed by atoms with Gasteiger partial charge in [-0.1, -0.05) is 48.0 Å². The van der Waals surface area contributed by atoms with E-state index < -0.39 is 28.0 Å². The topological polar surface area (TPSA) is 83.6 Å². The Balaban J connectivity index is 1.73. The zero-order valence-corrected chi connectivity index (χ0v) is 16.6. The number of sulfonamides is 1. The van der Waals surface area contributed by atoms with Gasteiger partial charge < -0.3 is 10.1 Å². The van der Waals surface area contributed by atoms with Gasteiger partial charge in [0.15, 0.2) is 0 Å². The van der Waals surface area contributed by atoms with E-state index in [0.717, 1.165) is 11.1 Å². The smallest absolute Gasteiger partial charge is 0.243 e. The number of carbonyl (C=O) groups is 2. The van der Waals surface area contributed by atoms with Crippen molar-refractivity contribution in [2.75, 3.05) is 6.54 Å². The summed E-state index contributed by atoms with van der Waals surface area (Å²) in [5.41, 5.74) is 1.89. The van der Waals surface area contributed by atoms with Crippen LogP contribution < -0.4 is 5.32 Å². The summed E-state index contributed by atoms with van der Waals surface area (Å²) < 4.78 is 27.2. The molecule has 0 bridgehead atoms. The quantitative estimate of drug-likeness (QED) is 0.722. The van der Waals surface area contributed by atoms with Gasteiger partial charge in [0.25, 0.3) is 0 Å². The van der Waals surface area contributed by atoms with Crippen LogP contribution in [0, 0.1) is 6.92 Å². The first-order valence-corrected chi connectivity index (χ1v) is 10.7. The van der Waals surface area contributed by atoms with Crippen molar-refractivity contribution in [1.29, 1.82) is 0 Å². The molecule has 1 unspecified atom stereocenters. The van der Waals surface area contributed by atoms with E-state index in [9.17, 15) is 18.0 Å². The predicted octanol–water partition coefficient (Wildman–Crippen LogP) is 2.07. The molecule has 0 radical (unpaired) electrons. The van der Waals surface area contributed by atoms with E-state index >= 15 is 0 Å². The molecule has 148 valence electrons. The molecule has 1 aliphatic heterocycles. The maximum atomic E-state index is 13.0. The summed E-state index contributed by atoms with van der Waals surface area (Å²) in [5.74, 6) is -0.429. The highest BCUT2D eigenvalue weighted by molar-refractivity contribution is 7.89. The Bertz CT molecular complexity index is 927. The largest absolute Gasteiger partial charge is 0.345 e. The number of hydrogen-bond acceptors (Lipinski definition) is 4. The van der Waals surface area contributed by atoms with Gasteiger partial charge in [0, 0.05) is 6.54 Å². The minimum absolute atomic E-state index is 0.175. The van der Waals surface area contributed by atoms with Crippen LogP contribution in [0.4, 0.5) is 0 Å². The lowest BCUT2D eigenvalue weighted by Gasteiger charge is -2.24. The third-order valence-electron chi connectivity index (χ3n) is 4.92. The van der Waals surface area contributed by atoms with Gasteiger partial charge in [-0.2, -0.15) is 4.31 Å². The molecule has 2 aromatic carbocycles. The third-order valence-corrected chi connectivity index (χ3v) is 6.85. The highest BCUT2D eigenvalue weighted by Gasteiger charge is 2.39. The fourth-order valence-corrected chi connectivity index (χ4v) is 5.07. The Morgan fingerprint density at radius 1 is 1.18 bits per heavy atom. The lowest BCUT2D eigenvalue weighted by Crippen LogP contribution is -2.49. The number of carbonyl (C=O) groups excluding carboxylic acids is 2. The SMILES string of the molecule is Cc1ccc(S(=O)(=O)N2CCC[C@@H]2C(=O)NC(C=O)Cc2ccccc2)cc1. The Kier molecular flexibility index (Phi) is 6.26. The molecule has 1 fully saturated rings. The second kappa shape index (κ2) is 8.67. The molecular formula is C21H24N2O4S. The first kappa shape index (κ1) is 20.2. The molecule has 0 aliphatic carbocycles. The van der Waals surface area contributed by atoms with E-state index in [1.165, 1.54) is 4.31 Å². The van der Waals surface area contributed by atoms with Gasteiger partial charge in [-0.25, -0.2) is 8.42 Å². The Morgan fingerprint density at radius 3 is 2.50 bits per heavy atom. The molecule has 1 saturated heterocycles. The van der Waals surface area contributed by atoms with Gasteiger partial charge in [-0.05, 0) is 43.9 Å². The minimum Gasteiger partial charge on any atom is -0.345 e. The molecule has 0 aromatic heterocycles. The highest BCUT2D eigenvalue weighted by Crippen LogP contribution is 2.26. The van der Waals surface area contributed by atoms with Crippen molar-refractivity contribution >= 4 is 22.2 Å². The summed E-state index contributed by atoms with van der Waals surface area (Å²) in [6.07, 6.45) is 2.10. The van der Waals surface area contributed by atoms with Gasteiger partial charge in [0.05, 0.1) is 10.9 Å². The van der Waals surface area contributed by atoms with Crippen molar-refractivity contribution in [3.63, 3.8) is 0 Å². The number of nitrogens with one attached hydrogen (secondary N) is 1. The summed E-state index contributed by atoms with van der Waals surface area (Å²) in [6.45, 7) is 2.17. The van der Waals surface area contributed by atoms with Crippen LogP contribution in [0.2, 0.25) is 0 Å². The van der Waals surface area contributed by atoms with Crippen LogP contribution in [0.1, 0.15) is 24.0 Å². The number of rotatable bonds is 7. The van der Waals surface area contributed by atoms with Gasteiger partial charge in [-0.3, -0.25) is 4.79 Å². The van der Waals surface area contributed by atoms with E-state index in [1.54, 1.807) is 24.3 Å². The molecule has 1 aliphatic rings. The van der Waals surface area contributed by atoms with Crippen LogP contribution in [0.5, 0.6) is 0 Å². The van der Waals surface area contributed by atoms with E-state index in [-0.39, 0.29) is 4.90 Å². The molecule has 1 amide bonds. The molecule has 1 N–H and O–H groups in total. The number of aldehydes is 1. The van der Waals surface area contributed by atoms with Crippen molar-refractivity contribution in [2.24, 2.45) is 0 Å². The van der Waals surface area contributed by atoms with E-state index in [2.05, 4.69) is 5.32 Å². The van der Waals surface area contributed by atoms with Crippen LogP contribution in [-0.4, -0.2) is 43.5 Å². The van der Waals surface area contributed by atoms with E-state index in [1.807, 2.05) is 37.3 Å². The van der Waals surface area contributed by atoms with Crippen LogP contribution in [0.25, 0.3) is 0 Å². The maximum absolute atomic E-state index is 13.0. The Hall–Kier alpha value is -2.51. The average Bonchev–Trinajstić information content (AvgIpc) is 3.19. The lowest BCUT2D eigenvalue weighted by molar-refractivity contribution is -0.126. The monoisotopic (exact) mass is 400 g/mol. The lowest BCUT2D eigenvalue weighted by atomic mass is 10.1.